The van der Waals surface area contributed by atoms with E-state index < -0.39 is 30.1 Å². The van der Waals surface area contributed by atoms with Crippen molar-refractivity contribution in [1.82, 2.24) is 10.3 Å². The van der Waals surface area contributed by atoms with Crippen LogP contribution in [0.25, 0.3) is 10.9 Å². The first kappa shape index (κ1) is 19.9. The molecule has 0 saturated carbocycles. The minimum atomic E-state index is -2.09. The summed E-state index contributed by atoms with van der Waals surface area (Å²) in [6.07, 6.45) is 1.53. The van der Waals surface area contributed by atoms with Crippen LogP contribution in [-0.2, 0) is 14.3 Å². The van der Waals surface area contributed by atoms with Crippen molar-refractivity contribution in [1.29, 1.82) is 0 Å². The van der Waals surface area contributed by atoms with Gasteiger partial charge in [0, 0.05) is 11.6 Å². The molecule has 2 amide bonds. The lowest BCUT2D eigenvalue weighted by molar-refractivity contribution is -0.155. The molecule has 0 aliphatic heterocycles. The molecular formula is C17H19N3O7. The number of hydrogen-bond donors (Lipinski definition) is 4. The summed E-state index contributed by atoms with van der Waals surface area (Å²) in [5.74, 6) is -1.67. The van der Waals surface area contributed by atoms with Crippen molar-refractivity contribution < 1.29 is 34.1 Å². The fraction of sp³-hybridized carbons (Fsp3) is 0.294. The number of nitrogens with zero attached hydrogens (tertiary/aromatic N) is 1. The molecule has 2 aromatic rings. The molecule has 4 N–H and O–H groups in total. The van der Waals surface area contributed by atoms with Crippen molar-refractivity contribution in [2.24, 2.45) is 0 Å². The Labute approximate surface area is 154 Å². The molecule has 0 radical (unpaired) electrons. The Bertz CT molecular complexity index is 867. The molecule has 144 valence electrons. The van der Waals surface area contributed by atoms with E-state index >= 15 is 0 Å². The number of methoxy groups -OCH3 is 1. The van der Waals surface area contributed by atoms with E-state index in [9.17, 15) is 19.5 Å². The van der Waals surface area contributed by atoms with Gasteiger partial charge >= 0.3 is 18.0 Å². The van der Waals surface area contributed by atoms with Gasteiger partial charge in [-0.1, -0.05) is 0 Å². The molecule has 0 fully saturated rings. The summed E-state index contributed by atoms with van der Waals surface area (Å²) in [5, 5.41) is 23.9. The third-order valence-electron chi connectivity index (χ3n) is 3.61. The van der Waals surface area contributed by atoms with Crippen LogP contribution in [0.1, 0.15) is 6.92 Å². The van der Waals surface area contributed by atoms with E-state index in [-0.39, 0.29) is 6.61 Å². The smallest absolute Gasteiger partial charge is 0.343 e. The molecule has 1 atom stereocenters. The number of ether oxygens (including phenoxy) is 2. The molecule has 1 aromatic heterocycles. The standard InChI is InChI=1S/C17H19N3O7/c1-17(25,15(22)23)9-19-16(24)20-11-5-6-12(27-8-13(21)26-2)14-10(11)4-3-7-18-14/h3-7,25H,8-9H2,1-2H3,(H,22,23)(H2,19,20,24). The number of carboxylic acids is 1. The fourth-order valence-corrected chi connectivity index (χ4v) is 2.06. The number of hydrogen-bond acceptors (Lipinski definition) is 7. The predicted octanol–water partition coefficient (Wildman–Crippen LogP) is 0.744. The van der Waals surface area contributed by atoms with Gasteiger partial charge in [-0.05, 0) is 31.2 Å². The average Bonchev–Trinajstić information content (AvgIpc) is 2.65. The quantitative estimate of drug-likeness (QED) is 0.517. The van der Waals surface area contributed by atoms with Crippen molar-refractivity contribution in [2.45, 2.75) is 12.5 Å². The second-order valence-electron chi connectivity index (χ2n) is 5.76. The van der Waals surface area contributed by atoms with Crippen LogP contribution >= 0.6 is 0 Å². The summed E-state index contributed by atoms with van der Waals surface area (Å²) in [6, 6.07) is 5.72. The molecule has 0 aliphatic carbocycles. The Morgan fingerprint density at radius 2 is 2.00 bits per heavy atom. The van der Waals surface area contributed by atoms with Gasteiger partial charge in [0.25, 0.3) is 0 Å². The van der Waals surface area contributed by atoms with Crippen LogP contribution in [0.5, 0.6) is 5.75 Å². The number of carboxylic acid groups (broad SMARTS) is 1. The van der Waals surface area contributed by atoms with Crippen molar-refractivity contribution in [2.75, 3.05) is 25.6 Å². The van der Waals surface area contributed by atoms with Crippen LogP contribution in [0.4, 0.5) is 10.5 Å². The Balaban J connectivity index is 2.16. The predicted molar refractivity (Wildman–Crippen MR) is 94.5 cm³/mol. The summed E-state index contributed by atoms with van der Waals surface area (Å²) in [5.41, 5.74) is -1.29. The number of amides is 2. The first-order valence-electron chi connectivity index (χ1n) is 7.82. The zero-order valence-electron chi connectivity index (χ0n) is 14.7. The highest BCUT2D eigenvalue weighted by atomic mass is 16.6. The van der Waals surface area contributed by atoms with E-state index in [0.29, 0.717) is 22.3 Å². The molecule has 10 nitrogen and oxygen atoms in total. The van der Waals surface area contributed by atoms with Gasteiger partial charge in [-0.25, -0.2) is 14.4 Å². The number of carbonyl (C=O) groups is 3. The lowest BCUT2D eigenvalue weighted by Gasteiger charge is -2.19. The maximum Gasteiger partial charge on any atom is 0.343 e. The molecule has 10 heteroatoms. The number of aliphatic carboxylic acids is 1. The van der Waals surface area contributed by atoms with Gasteiger partial charge in [0.1, 0.15) is 11.3 Å². The Morgan fingerprint density at radius 1 is 1.26 bits per heavy atom. The molecule has 0 bridgehead atoms. The zero-order valence-corrected chi connectivity index (χ0v) is 14.7. The van der Waals surface area contributed by atoms with Gasteiger partial charge in [-0.3, -0.25) is 4.98 Å². The molecule has 1 unspecified atom stereocenters. The second kappa shape index (κ2) is 8.32. The van der Waals surface area contributed by atoms with Crippen LogP contribution in [-0.4, -0.2) is 59.0 Å². The minimum absolute atomic E-state index is 0.292. The molecule has 0 saturated heterocycles. The number of esters is 1. The summed E-state index contributed by atoms with van der Waals surface area (Å²) >= 11 is 0. The normalized spacial score (nSPS) is 12.7. The third kappa shape index (κ3) is 5.05. The number of nitrogens with one attached hydrogen (secondary N) is 2. The molecular weight excluding hydrogens is 358 g/mol. The lowest BCUT2D eigenvalue weighted by Crippen LogP contribution is -2.47. The monoisotopic (exact) mass is 377 g/mol. The molecule has 1 heterocycles. The number of carbonyl (C=O) groups excluding carboxylic acids is 2. The van der Waals surface area contributed by atoms with E-state index in [1.165, 1.54) is 19.4 Å². The van der Waals surface area contributed by atoms with Gasteiger partial charge in [-0.2, -0.15) is 0 Å². The number of anilines is 1. The molecule has 0 spiro atoms. The first-order chi connectivity index (χ1) is 12.7. The zero-order chi connectivity index (χ0) is 20.0. The lowest BCUT2D eigenvalue weighted by atomic mass is 10.1. The van der Waals surface area contributed by atoms with E-state index in [2.05, 4.69) is 20.4 Å². The van der Waals surface area contributed by atoms with Crippen LogP contribution in [0.15, 0.2) is 30.5 Å². The highest BCUT2D eigenvalue weighted by molar-refractivity contribution is 6.02. The maximum absolute atomic E-state index is 12.0. The first-order valence-corrected chi connectivity index (χ1v) is 7.82. The Morgan fingerprint density at radius 3 is 2.67 bits per heavy atom. The number of aliphatic hydroxyl groups is 1. The minimum Gasteiger partial charge on any atom is -0.480 e. The van der Waals surface area contributed by atoms with E-state index in [0.717, 1.165) is 6.92 Å². The number of fused-ring (bicyclic) bond motifs is 1. The largest absolute Gasteiger partial charge is 0.480 e. The fourth-order valence-electron chi connectivity index (χ4n) is 2.06. The SMILES string of the molecule is COC(=O)COc1ccc(NC(=O)NCC(C)(O)C(=O)O)c2cccnc12. The summed E-state index contributed by atoms with van der Waals surface area (Å²) in [4.78, 5) is 38.3. The van der Waals surface area contributed by atoms with Crippen LogP contribution in [0.2, 0.25) is 0 Å². The van der Waals surface area contributed by atoms with Gasteiger partial charge < -0.3 is 30.3 Å². The van der Waals surface area contributed by atoms with Crippen LogP contribution < -0.4 is 15.4 Å². The van der Waals surface area contributed by atoms with Crippen molar-refractivity contribution in [3.8, 4) is 5.75 Å². The van der Waals surface area contributed by atoms with Gasteiger partial charge in [0.05, 0.1) is 19.3 Å². The Kier molecular flexibility index (Phi) is 6.14. The highest BCUT2D eigenvalue weighted by Gasteiger charge is 2.30. The number of benzene rings is 1. The van der Waals surface area contributed by atoms with Crippen molar-refractivity contribution >= 4 is 34.6 Å². The topological polar surface area (TPSA) is 147 Å². The maximum atomic E-state index is 12.0. The summed E-state index contributed by atoms with van der Waals surface area (Å²) in [7, 11) is 1.25. The van der Waals surface area contributed by atoms with Crippen molar-refractivity contribution in [3.05, 3.63) is 30.5 Å². The van der Waals surface area contributed by atoms with Crippen LogP contribution in [0, 0.1) is 0 Å². The third-order valence-corrected chi connectivity index (χ3v) is 3.61. The Hall–Kier alpha value is -3.40. The van der Waals surface area contributed by atoms with Gasteiger partial charge in [0.2, 0.25) is 0 Å². The summed E-state index contributed by atoms with van der Waals surface area (Å²) < 4.78 is 9.91. The van der Waals surface area contributed by atoms with E-state index in [1.807, 2.05) is 0 Å². The number of urea groups is 1. The molecule has 1 aromatic carbocycles. The number of rotatable bonds is 7. The van der Waals surface area contributed by atoms with Gasteiger partial charge in [0.15, 0.2) is 12.2 Å². The molecule has 2 rings (SSSR count). The number of pyridine rings is 1. The van der Waals surface area contributed by atoms with Crippen LogP contribution in [0.3, 0.4) is 0 Å². The number of aromatic nitrogens is 1. The van der Waals surface area contributed by atoms with Crippen molar-refractivity contribution in [3.63, 3.8) is 0 Å². The van der Waals surface area contributed by atoms with E-state index in [4.69, 9.17) is 9.84 Å². The van der Waals surface area contributed by atoms with E-state index in [1.54, 1.807) is 18.2 Å². The average molecular weight is 377 g/mol. The second-order valence-corrected chi connectivity index (χ2v) is 5.76. The summed E-state index contributed by atoms with van der Waals surface area (Å²) in [6.45, 7) is 0.298. The molecule has 0 aliphatic rings. The highest BCUT2D eigenvalue weighted by Crippen LogP contribution is 2.30. The molecule has 27 heavy (non-hydrogen) atoms. The van der Waals surface area contributed by atoms with Gasteiger partial charge in [-0.15, -0.1) is 0 Å².